The fraction of sp³-hybridized carbons (Fsp3) is 0.867. The smallest absolute Gasteiger partial charge is 0.310 e. The zero-order chi connectivity index (χ0) is 14.6. The highest BCUT2D eigenvalue weighted by Gasteiger charge is 2.41. The minimum atomic E-state index is -0.811. The van der Waals surface area contributed by atoms with E-state index >= 15 is 0 Å². The number of nitrogens with one attached hydrogen (secondary N) is 1. The molecule has 2 N–H and O–H groups in total. The average Bonchev–Trinajstić information content (AvgIpc) is 2.83. The van der Waals surface area contributed by atoms with Gasteiger partial charge in [0.05, 0.1) is 5.41 Å². The van der Waals surface area contributed by atoms with E-state index in [4.69, 9.17) is 0 Å². The molecule has 0 aromatic rings. The largest absolute Gasteiger partial charge is 0.481 e. The van der Waals surface area contributed by atoms with Crippen LogP contribution in [0.3, 0.4) is 0 Å². The lowest BCUT2D eigenvalue weighted by Gasteiger charge is -2.32. The van der Waals surface area contributed by atoms with E-state index in [0.29, 0.717) is 25.3 Å². The van der Waals surface area contributed by atoms with Gasteiger partial charge >= 0.3 is 5.97 Å². The molecule has 1 atom stereocenters. The van der Waals surface area contributed by atoms with E-state index in [1.54, 1.807) is 0 Å². The van der Waals surface area contributed by atoms with E-state index in [-0.39, 0.29) is 12.3 Å². The third-order valence-corrected chi connectivity index (χ3v) is 4.84. The van der Waals surface area contributed by atoms with Crippen LogP contribution in [0.25, 0.3) is 0 Å². The monoisotopic (exact) mass is 282 g/mol. The Balaban J connectivity index is 1.81. The number of carboxylic acids is 1. The maximum atomic E-state index is 12.1. The lowest BCUT2D eigenvalue weighted by molar-refractivity contribution is -0.154. The second kappa shape index (κ2) is 6.57. The Morgan fingerprint density at radius 2 is 2.00 bits per heavy atom. The van der Waals surface area contributed by atoms with Crippen molar-refractivity contribution in [3.63, 3.8) is 0 Å². The number of hydrogen-bond acceptors (Lipinski definition) is 3. The Labute approximate surface area is 120 Å². The molecule has 0 aromatic carbocycles. The lowest BCUT2D eigenvalue weighted by atomic mass is 9.71. The summed E-state index contributed by atoms with van der Waals surface area (Å²) in [5, 5.41) is 12.4. The van der Waals surface area contributed by atoms with Gasteiger partial charge in [0.1, 0.15) is 0 Å². The zero-order valence-electron chi connectivity index (χ0n) is 12.4. The number of nitrogens with zero attached hydrogens (tertiary/aromatic N) is 1. The van der Waals surface area contributed by atoms with Crippen LogP contribution in [-0.4, -0.2) is 48.6 Å². The molecule has 5 heteroatoms. The topological polar surface area (TPSA) is 69.6 Å². The van der Waals surface area contributed by atoms with Crippen molar-refractivity contribution in [3.05, 3.63) is 0 Å². The van der Waals surface area contributed by atoms with E-state index < -0.39 is 11.4 Å². The number of carbonyl (C=O) groups excluding carboxylic acids is 1. The van der Waals surface area contributed by atoms with Crippen LogP contribution in [0.4, 0.5) is 0 Å². The van der Waals surface area contributed by atoms with E-state index in [0.717, 1.165) is 38.8 Å². The molecule has 1 aliphatic carbocycles. The maximum Gasteiger partial charge on any atom is 0.310 e. The average molecular weight is 282 g/mol. The third-order valence-electron chi connectivity index (χ3n) is 4.84. The Kier molecular flexibility index (Phi) is 5.02. The molecule has 114 valence electrons. The van der Waals surface area contributed by atoms with E-state index in [1.807, 2.05) is 0 Å². The first-order valence-electron chi connectivity index (χ1n) is 7.70. The highest BCUT2D eigenvalue weighted by Crippen LogP contribution is 2.39. The summed E-state index contributed by atoms with van der Waals surface area (Å²) in [6.07, 6.45) is 5.47. The van der Waals surface area contributed by atoms with Gasteiger partial charge in [-0.1, -0.05) is 19.3 Å². The normalized spacial score (nSPS) is 26.4. The molecule has 0 aromatic heterocycles. The van der Waals surface area contributed by atoms with Crippen LogP contribution in [0.15, 0.2) is 0 Å². The van der Waals surface area contributed by atoms with Crippen LogP contribution in [0.1, 0.15) is 44.9 Å². The molecule has 1 unspecified atom stereocenters. The molecular weight excluding hydrogens is 256 g/mol. The molecule has 20 heavy (non-hydrogen) atoms. The van der Waals surface area contributed by atoms with Crippen molar-refractivity contribution >= 4 is 11.9 Å². The lowest BCUT2D eigenvalue weighted by Crippen LogP contribution is -2.40. The van der Waals surface area contributed by atoms with Crippen LogP contribution < -0.4 is 5.32 Å². The van der Waals surface area contributed by atoms with Crippen molar-refractivity contribution in [1.82, 2.24) is 10.2 Å². The van der Waals surface area contributed by atoms with Gasteiger partial charge in [0.25, 0.3) is 0 Å². The fourth-order valence-corrected chi connectivity index (χ4v) is 3.52. The van der Waals surface area contributed by atoms with Crippen molar-refractivity contribution in [3.8, 4) is 0 Å². The summed E-state index contributed by atoms with van der Waals surface area (Å²) in [7, 11) is 2.09. The number of rotatable bonds is 5. The number of likely N-dealkylation sites (tertiary alicyclic amines) is 1. The van der Waals surface area contributed by atoms with Gasteiger partial charge in [-0.15, -0.1) is 0 Å². The minimum Gasteiger partial charge on any atom is -0.481 e. The molecule has 2 aliphatic rings. The maximum absolute atomic E-state index is 12.1. The highest BCUT2D eigenvalue weighted by molar-refractivity contribution is 5.85. The molecule has 5 nitrogen and oxygen atoms in total. The van der Waals surface area contributed by atoms with E-state index in [1.165, 1.54) is 0 Å². The fourth-order valence-electron chi connectivity index (χ4n) is 3.52. The van der Waals surface area contributed by atoms with Gasteiger partial charge < -0.3 is 15.3 Å². The number of hydrogen-bond donors (Lipinski definition) is 2. The summed E-state index contributed by atoms with van der Waals surface area (Å²) in [6, 6.07) is 0. The molecule has 0 bridgehead atoms. The number of carboxylic acid groups (broad SMARTS) is 1. The Hall–Kier alpha value is -1.10. The van der Waals surface area contributed by atoms with E-state index in [9.17, 15) is 14.7 Å². The summed E-state index contributed by atoms with van der Waals surface area (Å²) in [4.78, 5) is 25.9. The first-order valence-corrected chi connectivity index (χ1v) is 7.70. The molecular formula is C15H26N2O3. The van der Waals surface area contributed by atoms with Crippen LogP contribution in [-0.2, 0) is 9.59 Å². The van der Waals surface area contributed by atoms with Crippen molar-refractivity contribution in [2.75, 3.05) is 26.7 Å². The molecule has 1 amide bonds. The first-order chi connectivity index (χ1) is 9.52. The van der Waals surface area contributed by atoms with E-state index in [2.05, 4.69) is 17.3 Å². The Morgan fingerprint density at radius 1 is 1.30 bits per heavy atom. The molecule has 1 saturated heterocycles. The van der Waals surface area contributed by atoms with Gasteiger partial charge in [-0.2, -0.15) is 0 Å². The SMILES string of the molecule is CN1CCC(CNC(=O)CC2(C(=O)O)CCCCC2)C1. The summed E-state index contributed by atoms with van der Waals surface area (Å²) in [6.45, 7) is 2.78. The van der Waals surface area contributed by atoms with Gasteiger partial charge in [-0.25, -0.2) is 0 Å². The second-order valence-corrected chi connectivity index (χ2v) is 6.54. The first kappa shape index (κ1) is 15.3. The van der Waals surface area contributed by atoms with Gasteiger partial charge in [-0.05, 0) is 38.8 Å². The quantitative estimate of drug-likeness (QED) is 0.801. The molecule has 1 aliphatic heterocycles. The molecule has 2 fully saturated rings. The zero-order valence-corrected chi connectivity index (χ0v) is 12.4. The Morgan fingerprint density at radius 3 is 2.55 bits per heavy atom. The standard InChI is InChI=1S/C15H26N2O3/c1-17-8-5-12(11-17)10-16-13(18)9-15(14(19)20)6-3-2-4-7-15/h12H,2-11H2,1H3,(H,16,18)(H,19,20). The van der Waals surface area contributed by atoms with Crippen LogP contribution in [0.2, 0.25) is 0 Å². The molecule has 0 spiro atoms. The summed E-state index contributed by atoms with van der Waals surface area (Å²) in [5.41, 5.74) is -0.811. The summed E-state index contributed by atoms with van der Waals surface area (Å²) in [5.74, 6) is -0.382. The predicted molar refractivity (Wildman–Crippen MR) is 76.4 cm³/mol. The summed E-state index contributed by atoms with van der Waals surface area (Å²) >= 11 is 0. The number of aliphatic carboxylic acids is 1. The molecule has 2 rings (SSSR count). The minimum absolute atomic E-state index is 0.0937. The van der Waals surface area contributed by atoms with Crippen LogP contribution in [0, 0.1) is 11.3 Å². The van der Waals surface area contributed by atoms with Gasteiger partial charge in [-0.3, -0.25) is 9.59 Å². The molecule has 1 heterocycles. The van der Waals surface area contributed by atoms with Gasteiger partial charge in [0, 0.05) is 19.5 Å². The molecule has 0 radical (unpaired) electrons. The van der Waals surface area contributed by atoms with Crippen molar-refractivity contribution in [2.24, 2.45) is 11.3 Å². The number of carbonyl (C=O) groups is 2. The van der Waals surface area contributed by atoms with Gasteiger partial charge in [0.15, 0.2) is 0 Å². The van der Waals surface area contributed by atoms with Crippen molar-refractivity contribution in [1.29, 1.82) is 0 Å². The van der Waals surface area contributed by atoms with Crippen LogP contribution >= 0.6 is 0 Å². The Bertz CT molecular complexity index is 364. The third kappa shape index (κ3) is 3.72. The number of amides is 1. The highest BCUT2D eigenvalue weighted by atomic mass is 16.4. The predicted octanol–water partition coefficient (Wildman–Crippen LogP) is 1.48. The van der Waals surface area contributed by atoms with Crippen molar-refractivity contribution < 1.29 is 14.7 Å². The molecule has 1 saturated carbocycles. The summed E-state index contributed by atoms with van der Waals surface area (Å²) < 4.78 is 0. The second-order valence-electron chi connectivity index (χ2n) is 6.54. The van der Waals surface area contributed by atoms with Crippen molar-refractivity contribution in [2.45, 2.75) is 44.9 Å². The van der Waals surface area contributed by atoms with Crippen LogP contribution in [0.5, 0.6) is 0 Å². The van der Waals surface area contributed by atoms with Gasteiger partial charge in [0.2, 0.25) is 5.91 Å².